The molecule has 0 aromatic rings. The maximum Gasteiger partial charge on any atom is 0.254 e. The number of allylic oxidation sites excluding steroid dienone is 2. The molecule has 0 atom stereocenters. The molecular formula is C8H9NO2. The van der Waals surface area contributed by atoms with E-state index in [4.69, 9.17) is 0 Å². The van der Waals surface area contributed by atoms with Crippen LogP contribution in [0.2, 0.25) is 0 Å². The van der Waals surface area contributed by atoms with Gasteiger partial charge in [-0.05, 0) is 13.3 Å². The number of nitrogens with one attached hydrogen (secondary N) is 1. The molecule has 3 nitrogen and oxygen atoms in total. The zero-order valence-electron chi connectivity index (χ0n) is 6.26. The Morgan fingerprint density at radius 2 is 2.27 bits per heavy atom. The predicted molar refractivity (Wildman–Crippen MR) is 40.7 cm³/mol. The number of hydrogen-bond donors (Lipinski definition) is 1. The van der Waals surface area contributed by atoms with Crippen molar-refractivity contribution < 1.29 is 9.59 Å². The van der Waals surface area contributed by atoms with Crippen LogP contribution in [0.4, 0.5) is 0 Å². The molecule has 0 bridgehead atoms. The molecule has 11 heavy (non-hydrogen) atoms. The van der Waals surface area contributed by atoms with Gasteiger partial charge >= 0.3 is 0 Å². The molecule has 0 radical (unpaired) electrons. The molecule has 1 aliphatic heterocycles. The van der Waals surface area contributed by atoms with Gasteiger partial charge < -0.3 is 0 Å². The van der Waals surface area contributed by atoms with E-state index >= 15 is 0 Å². The standard InChI is InChI=1S/C8H9NO2/c1-2-3-4-6-5-7(10)9-8(6)11/h2-3,5H,4H2,1H3,(H,9,10,11). The zero-order chi connectivity index (χ0) is 8.27. The Morgan fingerprint density at radius 1 is 1.55 bits per heavy atom. The summed E-state index contributed by atoms with van der Waals surface area (Å²) in [4.78, 5) is 21.5. The third-order valence-electron chi connectivity index (χ3n) is 1.41. The zero-order valence-corrected chi connectivity index (χ0v) is 6.26. The van der Waals surface area contributed by atoms with Gasteiger partial charge in [0.2, 0.25) is 0 Å². The first-order valence-electron chi connectivity index (χ1n) is 3.41. The van der Waals surface area contributed by atoms with Gasteiger partial charge in [0.25, 0.3) is 11.8 Å². The summed E-state index contributed by atoms with van der Waals surface area (Å²) in [6.45, 7) is 1.87. The van der Waals surface area contributed by atoms with Crippen molar-refractivity contribution in [1.82, 2.24) is 5.32 Å². The Labute approximate surface area is 64.8 Å². The maximum absolute atomic E-state index is 10.9. The van der Waals surface area contributed by atoms with Gasteiger partial charge in [-0.3, -0.25) is 14.9 Å². The lowest BCUT2D eigenvalue weighted by Gasteiger charge is -1.91. The summed E-state index contributed by atoms with van der Waals surface area (Å²) in [5.74, 6) is -0.581. The van der Waals surface area contributed by atoms with Crippen LogP contribution >= 0.6 is 0 Å². The normalized spacial score (nSPS) is 17.4. The smallest absolute Gasteiger partial charge is 0.254 e. The lowest BCUT2D eigenvalue weighted by Crippen LogP contribution is -2.21. The molecule has 0 unspecified atom stereocenters. The second kappa shape index (κ2) is 3.14. The van der Waals surface area contributed by atoms with Crippen LogP contribution in [0.25, 0.3) is 0 Å². The molecule has 0 aliphatic carbocycles. The van der Waals surface area contributed by atoms with Crippen LogP contribution in [-0.2, 0) is 9.59 Å². The minimum atomic E-state index is -0.311. The van der Waals surface area contributed by atoms with E-state index < -0.39 is 0 Å². The van der Waals surface area contributed by atoms with E-state index in [2.05, 4.69) is 5.32 Å². The van der Waals surface area contributed by atoms with Crippen LogP contribution in [0.3, 0.4) is 0 Å². The SMILES string of the molecule is CC=CCC1=CC(=O)NC1=O. The Balaban J connectivity index is 2.64. The summed E-state index contributed by atoms with van der Waals surface area (Å²) in [7, 11) is 0. The van der Waals surface area contributed by atoms with E-state index in [-0.39, 0.29) is 11.8 Å². The highest BCUT2D eigenvalue weighted by Gasteiger charge is 2.18. The van der Waals surface area contributed by atoms with Crippen molar-refractivity contribution in [3.8, 4) is 0 Å². The van der Waals surface area contributed by atoms with Crippen molar-refractivity contribution in [1.29, 1.82) is 0 Å². The van der Waals surface area contributed by atoms with Gasteiger partial charge in [0, 0.05) is 11.6 Å². The molecule has 1 aliphatic rings. The van der Waals surface area contributed by atoms with Gasteiger partial charge in [-0.1, -0.05) is 12.2 Å². The molecule has 2 amide bonds. The fourth-order valence-corrected chi connectivity index (χ4v) is 0.848. The molecule has 0 aromatic carbocycles. The second-order valence-electron chi connectivity index (χ2n) is 2.26. The van der Waals surface area contributed by atoms with Gasteiger partial charge in [0.1, 0.15) is 0 Å². The first kappa shape index (κ1) is 7.72. The van der Waals surface area contributed by atoms with Crippen LogP contribution in [0.1, 0.15) is 13.3 Å². The largest absolute Gasteiger partial charge is 0.289 e. The number of carbonyl (C=O) groups is 2. The van der Waals surface area contributed by atoms with Crippen molar-refractivity contribution in [3.05, 3.63) is 23.8 Å². The van der Waals surface area contributed by atoms with Gasteiger partial charge in [-0.25, -0.2) is 0 Å². The summed E-state index contributed by atoms with van der Waals surface area (Å²) >= 11 is 0. The molecule has 0 spiro atoms. The molecular weight excluding hydrogens is 142 g/mol. The molecule has 1 heterocycles. The molecule has 0 fully saturated rings. The number of carbonyl (C=O) groups excluding carboxylic acids is 2. The molecule has 1 N–H and O–H groups in total. The van der Waals surface area contributed by atoms with Crippen molar-refractivity contribution in [2.75, 3.05) is 0 Å². The van der Waals surface area contributed by atoms with Crippen molar-refractivity contribution in [3.63, 3.8) is 0 Å². The Hall–Kier alpha value is -1.38. The summed E-state index contributed by atoms with van der Waals surface area (Å²) < 4.78 is 0. The van der Waals surface area contributed by atoms with E-state index in [1.54, 1.807) is 0 Å². The number of hydrogen-bond acceptors (Lipinski definition) is 2. The lowest BCUT2D eigenvalue weighted by atomic mass is 10.2. The predicted octanol–water partition coefficient (Wildman–Crippen LogP) is 0.535. The van der Waals surface area contributed by atoms with Gasteiger partial charge in [0.05, 0.1) is 0 Å². The molecule has 1 rings (SSSR count). The number of amides is 2. The van der Waals surface area contributed by atoms with Crippen molar-refractivity contribution in [2.24, 2.45) is 0 Å². The van der Waals surface area contributed by atoms with Crippen LogP contribution in [0, 0.1) is 0 Å². The van der Waals surface area contributed by atoms with E-state index in [1.807, 2.05) is 19.1 Å². The Morgan fingerprint density at radius 3 is 2.73 bits per heavy atom. The summed E-state index contributed by atoms with van der Waals surface area (Å²) in [5.41, 5.74) is 0.535. The third-order valence-corrected chi connectivity index (χ3v) is 1.41. The number of imide groups is 1. The van der Waals surface area contributed by atoms with E-state index in [0.717, 1.165) is 0 Å². The molecule has 58 valence electrons. The van der Waals surface area contributed by atoms with Gasteiger partial charge in [-0.15, -0.1) is 0 Å². The molecule has 0 aromatic heterocycles. The second-order valence-corrected chi connectivity index (χ2v) is 2.26. The molecule has 0 saturated heterocycles. The van der Waals surface area contributed by atoms with E-state index in [0.29, 0.717) is 12.0 Å². The first-order chi connectivity index (χ1) is 5.24. The highest BCUT2D eigenvalue weighted by Crippen LogP contribution is 2.07. The Bertz CT molecular complexity index is 251. The van der Waals surface area contributed by atoms with E-state index in [9.17, 15) is 9.59 Å². The average molecular weight is 151 g/mol. The van der Waals surface area contributed by atoms with Crippen LogP contribution in [-0.4, -0.2) is 11.8 Å². The topological polar surface area (TPSA) is 46.2 Å². The van der Waals surface area contributed by atoms with Crippen LogP contribution in [0.15, 0.2) is 23.8 Å². The molecule has 3 heteroatoms. The van der Waals surface area contributed by atoms with E-state index in [1.165, 1.54) is 6.08 Å². The Kier molecular flexibility index (Phi) is 2.21. The monoisotopic (exact) mass is 151 g/mol. The van der Waals surface area contributed by atoms with Gasteiger partial charge in [0.15, 0.2) is 0 Å². The summed E-state index contributed by atoms with van der Waals surface area (Å²) in [6.07, 6.45) is 5.55. The quantitative estimate of drug-likeness (QED) is 0.462. The van der Waals surface area contributed by atoms with Crippen LogP contribution < -0.4 is 5.32 Å². The lowest BCUT2D eigenvalue weighted by molar-refractivity contribution is -0.123. The fourth-order valence-electron chi connectivity index (χ4n) is 0.848. The van der Waals surface area contributed by atoms with Crippen LogP contribution in [0.5, 0.6) is 0 Å². The molecule has 0 saturated carbocycles. The fraction of sp³-hybridized carbons (Fsp3) is 0.250. The maximum atomic E-state index is 10.9. The minimum absolute atomic E-state index is 0.270. The van der Waals surface area contributed by atoms with Gasteiger partial charge in [-0.2, -0.15) is 0 Å². The highest BCUT2D eigenvalue weighted by atomic mass is 16.2. The first-order valence-corrected chi connectivity index (χ1v) is 3.41. The average Bonchev–Trinajstić information content (AvgIpc) is 2.26. The third kappa shape index (κ3) is 1.77. The highest BCUT2D eigenvalue weighted by molar-refractivity contribution is 6.16. The summed E-state index contributed by atoms with van der Waals surface area (Å²) in [6, 6.07) is 0. The van der Waals surface area contributed by atoms with Crippen molar-refractivity contribution in [2.45, 2.75) is 13.3 Å². The van der Waals surface area contributed by atoms with Crippen molar-refractivity contribution >= 4 is 11.8 Å². The minimum Gasteiger partial charge on any atom is -0.289 e. The number of rotatable bonds is 2. The summed E-state index contributed by atoms with van der Waals surface area (Å²) in [5, 5.41) is 2.17.